The van der Waals surface area contributed by atoms with Crippen LogP contribution in [-0.4, -0.2) is 23.9 Å². The Hall–Kier alpha value is -1.37. The number of aryl methyl sites for hydroxylation is 1. The molecule has 1 heterocycles. The molecule has 1 aliphatic rings. The minimum atomic E-state index is 0.419. The van der Waals surface area contributed by atoms with Crippen molar-refractivity contribution in [3.63, 3.8) is 0 Å². The van der Waals surface area contributed by atoms with Crippen molar-refractivity contribution in [3.8, 4) is 0 Å². The van der Waals surface area contributed by atoms with Gasteiger partial charge in [0.05, 0.1) is 0 Å². The van der Waals surface area contributed by atoms with Crippen LogP contribution in [0, 0.1) is 18.3 Å². The van der Waals surface area contributed by atoms with E-state index < -0.39 is 0 Å². The predicted octanol–water partition coefficient (Wildman–Crippen LogP) is 4.44. The van der Waals surface area contributed by atoms with E-state index >= 15 is 0 Å². The standard InChI is InChI=1S/C19H28N/c1-6-19(4,7-2)16-12-13-18(20(5)14-16)17-11-9-8-10-15(17)3/h8-13,16H,6-7,14H2,1-5H3/q+1. The molecular weight excluding hydrogens is 242 g/mol. The Morgan fingerprint density at radius 3 is 2.40 bits per heavy atom. The SMILES string of the molecule is CCC(C)(CC)C1C=CC(c2ccccc2C)=[N+](C)C1. The molecule has 0 saturated heterocycles. The van der Waals surface area contributed by atoms with Crippen molar-refractivity contribution in [2.24, 2.45) is 11.3 Å². The maximum Gasteiger partial charge on any atom is 0.206 e. The molecule has 0 N–H and O–H groups in total. The molecule has 0 amide bonds. The third-order valence-corrected chi connectivity index (χ3v) is 5.30. The van der Waals surface area contributed by atoms with E-state index in [-0.39, 0.29) is 0 Å². The first-order valence-electron chi connectivity index (χ1n) is 7.84. The van der Waals surface area contributed by atoms with Gasteiger partial charge in [-0.15, -0.1) is 0 Å². The molecule has 0 spiro atoms. The third-order valence-electron chi connectivity index (χ3n) is 5.30. The number of hydrogen-bond donors (Lipinski definition) is 0. The Balaban J connectivity index is 2.30. The molecule has 1 aromatic carbocycles. The van der Waals surface area contributed by atoms with Crippen LogP contribution in [0.5, 0.6) is 0 Å². The smallest absolute Gasteiger partial charge is 0.206 e. The van der Waals surface area contributed by atoms with Crippen molar-refractivity contribution in [1.82, 2.24) is 0 Å². The van der Waals surface area contributed by atoms with Gasteiger partial charge in [-0.1, -0.05) is 45.0 Å². The van der Waals surface area contributed by atoms with Crippen molar-refractivity contribution in [1.29, 1.82) is 0 Å². The van der Waals surface area contributed by atoms with Gasteiger partial charge in [0.25, 0.3) is 0 Å². The van der Waals surface area contributed by atoms with E-state index in [4.69, 9.17) is 0 Å². The van der Waals surface area contributed by atoms with Gasteiger partial charge >= 0.3 is 0 Å². The second-order valence-corrected chi connectivity index (χ2v) is 6.41. The molecule has 1 unspecified atom stereocenters. The zero-order chi connectivity index (χ0) is 14.8. The lowest BCUT2D eigenvalue weighted by Crippen LogP contribution is -2.36. The zero-order valence-corrected chi connectivity index (χ0v) is 13.6. The molecule has 1 atom stereocenters. The quantitative estimate of drug-likeness (QED) is 0.712. The normalized spacial score (nSPS) is 19.6. The van der Waals surface area contributed by atoms with E-state index in [9.17, 15) is 0 Å². The summed E-state index contributed by atoms with van der Waals surface area (Å²) in [4.78, 5) is 0. The summed E-state index contributed by atoms with van der Waals surface area (Å²) < 4.78 is 2.43. The molecule has 0 bridgehead atoms. The average Bonchev–Trinajstić information content (AvgIpc) is 2.47. The summed E-state index contributed by atoms with van der Waals surface area (Å²) >= 11 is 0. The topological polar surface area (TPSA) is 3.01 Å². The Kier molecular flexibility index (Phi) is 4.47. The molecule has 1 aromatic rings. The van der Waals surface area contributed by atoms with Crippen molar-refractivity contribution in [3.05, 3.63) is 47.5 Å². The van der Waals surface area contributed by atoms with Crippen molar-refractivity contribution < 1.29 is 4.58 Å². The fourth-order valence-corrected chi connectivity index (χ4v) is 3.17. The Bertz CT molecular complexity index is 532. The zero-order valence-electron chi connectivity index (χ0n) is 13.6. The highest BCUT2D eigenvalue weighted by Gasteiger charge is 2.34. The first kappa shape index (κ1) is 15.0. The highest BCUT2D eigenvalue weighted by Crippen LogP contribution is 2.37. The Morgan fingerprint density at radius 2 is 1.85 bits per heavy atom. The summed E-state index contributed by atoms with van der Waals surface area (Å²) in [5.41, 5.74) is 4.49. The fourth-order valence-electron chi connectivity index (χ4n) is 3.17. The summed E-state index contributed by atoms with van der Waals surface area (Å²) in [7, 11) is 2.23. The van der Waals surface area contributed by atoms with Gasteiger partial charge in [0.2, 0.25) is 5.71 Å². The Morgan fingerprint density at radius 1 is 1.20 bits per heavy atom. The molecule has 2 rings (SSSR count). The van der Waals surface area contributed by atoms with Crippen LogP contribution in [0.2, 0.25) is 0 Å². The second kappa shape index (κ2) is 5.95. The van der Waals surface area contributed by atoms with Crippen LogP contribution >= 0.6 is 0 Å². The van der Waals surface area contributed by atoms with Crippen molar-refractivity contribution in [2.45, 2.75) is 40.5 Å². The van der Waals surface area contributed by atoms with E-state index in [0.29, 0.717) is 11.3 Å². The van der Waals surface area contributed by atoms with Gasteiger partial charge in [-0.3, -0.25) is 0 Å². The summed E-state index contributed by atoms with van der Waals surface area (Å²) in [6, 6.07) is 8.66. The van der Waals surface area contributed by atoms with Gasteiger partial charge < -0.3 is 0 Å². The maximum absolute atomic E-state index is 2.44. The molecular formula is C19H28N+. The van der Waals surface area contributed by atoms with Crippen LogP contribution in [0.4, 0.5) is 0 Å². The molecule has 108 valence electrons. The van der Waals surface area contributed by atoms with Gasteiger partial charge in [-0.25, -0.2) is 4.58 Å². The van der Waals surface area contributed by atoms with Crippen LogP contribution in [0.25, 0.3) is 0 Å². The molecule has 20 heavy (non-hydrogen) atoms. The molecule has 1 nitrogen and oxygen atoms in total. The van der Waals surface area contributed by atoms with Gasteiger partial charge in [0.1, 0.15) is 13.6 Å². The highest BCUT2D eigenvalue weighted by atomic mass is 15.0. The lowest BCUT2D eigenvalue weighted by Gasteiger charge is -2.34. The highest BCUT2D eigenvalue weighted by molar-refractivity contribution is 6.06. The summed E-state index contributed by atoms with van der Waals surface area (Å²) in [6.45, 7) is 10.4. The number of benzene rings is 1. The fraction of sp³-hybridized carbons (Fsp3) is 0.526. The van der Waals surface area contributed by atoms with Gasteiger partial charge in [-0.2, -0.15) is 0 Å². The summed E-state index contributed by atoms with van der Waals surface area (Å²) in [5.74, 6) is 0.648. The van der Waals surface area contributed by atoms with E-state index in [2.05, 4.69) is 75.7 Å². The molecule has 1 heteroatoms. The molecule has 0 aromatic heterocycles. The van der Waals surface area contributed by atoms with Crippen LogP contribution in [0.3, 0.4) is 0 Å². The third kappa shape index (κ3) is 2.72. The van der Waals surface area contributed by atoms with Crippen LogP contribution in [0.1, 0.15) is 44.7 Å². The van der Waals surface area contributed by atoms with E-state index in [1.165, 1.54) is 29.7 Å². The van der Waals surface area contributed by atoms with Crippen LogP contribution in [0.15, 0.2) is 36.4 Å². The van der Waals surface area contributed by atoms with Crippen LogP contribution < -0.4 is 0 Å². The lowest BCUT2D eigenvalue weighted by molar-refractivity contribution is -0.506. The molecule has 0 aliphatic carbocycles. The molecule has 0 radical (unpaired) electrons. The number of hydrogen-bond acceptors (Lipinski definition) is 0. The molecule has 0 saturated carbocycles. The monoisotopic (exact) mass is 270 g/mol. The summed E-state index contributed by atoms with van der Waals surface area (Å²) in [6.07, 6.45) is 7.26. The first-order chi connectivity index (χ1) is 9.51. The van der Waals surface area contributed by atoms with Gasteiger partial charge in [0.15, 0.2) is 0 Å². The predicted molar refractivity (Wildman–Crippen MR) is 87.7 cm³/mol. The van der Waals surface area contributed by atoms with Crippen molar-refractivity contribution in [2.75, 3.05) is 13.6 Å². The van der Waals surface area contributed by atoms with Gasteiger partial charge in [0, 0.05) is 17.6 Å². The van der Waals surface area contributed by atoms with E-state index in [1.54, 1.807) is 0 Å². The van der Waals surface area contributed by atoms with E-state index in [0.717, 1.165) is 6.54 Å². The average molecular weight is 270 g/mol. The Labute approximate surface area is 124 Å². The molecule has 1 aliphatic heterocycles. The lowest BCUT2D eigenvalue weighted by atomic mass is 9.72. The minimum absolute atomic E-state index is 0.419. The maximum atomic E-state index is 2.44. The summed E-state index contributed by atoms with van der Waals surface area (Å²) in [5, 5.41) is 0. The largest absolute Gasteiger partial charge is 0.231 e. The number of nitrogens with zero attached hydrogens (tertiary/aromatic N) is 1. The number of allylic oxidation sites excluding steroid dienone is 1. The number of rotatable bonds is 4. The second-order valence-electron chi connectivity index (χ2n) is 6.41. The first-order valence-corrected chi connectivity index (χ1v) is 7.84. The minimum Gasteiger partial charge on any atom is -0.231 e. The molecule has 0 fully saturated rings. The van der Waals surface area contributed by atoms with Crippen molar-refractivity contribution >= 4 is 5.71 Å². The van der Waals surface area contributed by atoms with Crippen LogP contribution in [-0.2, 0) is 0 Å². The van der Waals surface area contributed by atoms with Gasteiger partial charge in [-0.05, 0) is 36.8 Å². The van der Waals surface area contributed by atoms with E-state index in [1.807, 2.05) is 0 Å².